The maximum atomic E-state index is 13.2. The highest BCUT2D eigenvalue weighted by Gasteiger charge is 2.28. The van der Waals surface area contributed by atoms with E-state index in [0.29, 0.717) is 12.2 Å². The van der Waals surface area contributed by atoms with Crippen LogP contribution >= 0.6 is 27.3 Å². The zero-order valence-corrected chi connectivity index (χ0v) is 11.8. The van der Waals surface area contributed by atoms with Crippen LogP contribution in [0.2, 0.25) is 0 Å². The van der Waals surface area contributed by atoms with Crippen LogP contribution < -0.4 is 10.5 Å². The van der Waals surface area contributed by atoms with Gasteiger partial charge in [0.15, 0.2) is 0 Å². The van der Waals surface area contributed by atoms with E-state index in [1.165, 1.54) is 12.1 Å². The van der Waals surface area contributed by atoms with Gasteiger partial charge in [-0.1, -0.05) is 0 Å². The molecule has 3 rings (SSSR count). The highest BCUT2D eigenvalue weighted by Crippen LogP contribution is 2.41. The van der Waals surface area contributed by atoms with Crippen LogP contribution in [-0.4, -0.2) is 0 Å². The summed E-state index contributed by atoms with van der Waals surface area (Å²) in [6.07, 6.45) is 0.623. The third-order valence-corrected chi connectivity index (χ3v) is 4.80. The molecule has 2 N–H and O–H groups in total. The predicted octanol–water partition coefficient (Wildman–Crippen LogP) is 4.17. The molecule has 0 radical (unpaired) electrons. The molecule has 18 heavy (non-hydrogen) atoms. The molecule has 0 fully saturated rings. The van der Waals surface area contributed by atoms with Crippen LogP contribution in [0, 0.1) is 5.82 Å². The van der Waals surface area contributed by atoms with Crippen molar-refractivity contribution < 1.29 is 9.13 Å². The summed E-state index contributed by atoms with van der Waals surface area (Å²) in [5, 5.41) is 2.02. The van der Waals surface area contributed by atoms with E-state index < -0.39 is 0 Å². The summed E-state index contributed by atoms with van der Waals surface area (Å²) in [5.74, 6) is 0.412. The van der Waals surface area contributed by atoms with Gasteiger partial charge >= 0.3 is 0 Å². The van der Waals surface area contributed by atoms with Crippen LogP contribution in [0.1, 0.15) is 29.0 Å². The molecule has 0 aliphatic carbocycles. The van der Waals surface area contributed by atoms with Gasteiger partial charge in [0.05, 0.1) is 0 Å². The summed E-state index contributed by atoms with van der Waals surface area (Å²) >= 11 is 5.06. The first-order valence-electron chi connectivity index (χ1n) is 5.59. The van der Waals surface area contributed by atoms with Gasteiger partial charge < -0.3 is 10.5 Å². The van der Waals surface area contributed by atoms with Gasteiger partial charge in [-0.05, 0) is 40.2 Å². The van der Waals surface area contributed by atoms with Crippen molar-refractivity contribution in [3.05, 3.63) is 50.4 Å². The molecule has 1 aliphatic heterocycles. The predicted molar refractivity (Wildman–Crippen MR) is 73.3 cm³/mol. The third-order valence-electron chi connectivity index (χ3n) is 3.01. The molecule has 1 aromatic heterocycles. The number of nitrogens with two attached hydrogens (primary N) is 1. The van der Waals surface area contributed by atoms with Gasteiger partial charge in [0, 0.05) is 32.8 Å². The molecule has 2 atom stereocenters. The summed E-state index contributed by atoms with van der Waals surface area (Å²) in [6, 6.07) is 6.37. The molecule has 2 aromatic rings. The van der Waals surface area contributed by atoms with E-state index in [9.17, 15) is 4.39 Å². The summed E-state index contributed by atoms with van der Waals surface area (Å²) in [4.78, 5) is 1.13. The normalized spacial score (nSPS) is 22.4. The number of ether oxygens (including phenoxy) is 1. The Labute approximate surface area is 117 Å². The van der Waals surface area contributed by atoms with E-state index in [1.807, 2.05) is 11.4 Å². The molecule has 0 amide bonds. The minimum absolute atomic E-state index is 0.0470. The molecular formula is C13H11BrFNOS. The zero-order valence-electron chi connectivity index (χ0n) is 9.40. The van der Waals surface area contributed by atoms with Gasteiger partial charge in [-0.25, -0.2) is 4.39 Å². The van der Waals surface area contributed by atoms with Gasteiger partial charge in [0.2, 0.25) is 0 Å². The molecule has 1 aromatic carbocycles. The number of benzene rings is 1. The lowest BCUT2D eigenvalue weighted by molar-refractivity contribution is 0.164. The van der Waals surface area contributed by atoms with Crippen LogP contribution in [0.4, 0.5) is 4.39 Å². The topological polar surface area (TPSA) is 35.2 Å². The second kappa shape index (κ2) is 4.64. The Hall–Kier alpha value is -0.910. The smallest absolute Gasteiger partial charge is 0.135 e. The summed E-state index contributed by atoms with van der Waals surface area (Å²) in [7, 11) is 0. The van der Waals surface area contributed by atoms with E-state index in [-0.39, 0.29) is 18.0 Å². The largest absolute Gasteiger partial charge is 0.484 e. The van der Waals surface area contributed by atoms with Gasteiger partial charge in [0.1, 0.15) is 17.7 Å². The Morgan fingerprint density at radius 2 is 2.22 bits per heavy atom. The van der Waals surface area contributed by atoms with Crippen LogP contribution in [0.15, 0.2) is 34.1 Å². The van der Waals surface area contributed by atoms with Gasteiger partial charge in [-0.15, -0.1) is 11.3 Å². The number of halogens is 2. The number of rotatable bonds is 1. The van der Waals surface area contributed by atoms with Crippen molar-refractivity contribution in [2.45, 2.75) is 18.6 Å². The standard InChI is InChI=1S/C13H11BrFNOS/c14-7-3-13(18-6-7)12-5-10(16)9-4-8(15)1-2-11(9)17-12/h1-4,6,10,12H,5,16H2/t10-,12?/m1/s1. The molecule has 0 bridgehead atoms. The Bertz CT molecular complexity index is 586. The minimum Gasteiger partial charge on any atom is -0.484 e. The van der Waals surface area contributed by atoms with E-state index >= 15 is 0 Å². The summed E-state index contributed by atoms with van der Waals surface area (Å²) in [5.41, 5.74) is 6.85. The first-order chi connectivity index (χ1) is 8.63. The molecule has 94 valence electrons. The number of hydrogen-bond donors (Lipinski definition) is 1. The van der Waals surface area contributed by atoms with Gasteiger partial charge in [-0.2, -0.15) is 0 Å². The van der Waals surface area contributed by atoms with Gasteiger partial charge in [0.25, 0.3) is 0 Å². The van der Waals surface area contributed by atoms with Crippen LogP contribution in [0.3, 0.4) is 0 Å². The molecular weight excluding hydrogens is 317 g/mol. The lowest BCUT2D eigenvalue weighted by Crippen LogP contribution is -2.23. The quantitative estimate of drug-likeness (QED) is 0.853. The molecule has 0 saturated carbocycles. The van der Waals surface area contributed by atoms with Crippen LogP contribution in [0.25, 0.3) is 0 Å². The fourth-order valence-electron chi connectivity index (χ4n) is 2.15. The Kier molecular flexibility index (Phi) is 3.13. The first kappa shape index (κ1) is 12.1. The Morgan fingerprint density at radius 3 is 2.94 bits per heavy atom. The second-order valence-electron chi connectivity index (χ2n) is 4.30. The molecule has 5 heteroatoms. The Balaban J connectivity index is 1.94. The highest BCUT2D eigenvalue weighted by molar-refractivity contribution is 9.10. The molecule has 1 aliphatic rings. The Morgan fingerprint density at radius 1 is 1.39 bits per heavy atom. The molecule has 2 nitrogen and oxygen atoms in total. The second-order valence-corrected chi connectivity index (χ2v) is 6.16. The maximum absolute atomic E-state index is 13.2. The van der Waals surface area contributed by atoms with Crippen LogP contribution in [-0.2, 0) is 0 Å². The molecule has 0 saturated heterocycles. The van der Waals surface area contributed by atoms with Crippen molar-refractivity contribution in [3.63, 3.8) is 0 Å². The van der Waals surface area contributed by atoms with Crippen LogP contribution in [0.5, 0.6) is 5.75 Å². The summed E-state index contributed by atoms with van der Waals surface area (Å²) < 4.78 is 20.1. The van der Waals surface area contributed by atoms with Crippen molar-refractivity contribution in [2.24, 2.45) is 5.73 Å². The lowest BCUT2D eigenvalue weighted by Gasteiger charge is -2.29. The lowest BCUT2D eigenvalue weighted by atomic mass is 9.96. The van der Waals surface area contributed by atoms with Crippen molar-refractivity contribution >= 4 is 27.3 Å². The molecule has 2 heterocycles. The van der Waals surface area contributed by atoms with E-state index in [2.05, 4.69) is 15.9 Å². The average Bonchev–Trinajstić information content (AvgIpc) is 2.77. The third kappa shape index (κ3) is 2.18. The van der Waals surface area contributed by atoms with Crippen molar-refractivity contribution in [1.82, 2.24) is 0 Å². The van der Waals surface area contributed by atoms with E-state index in [1.54, 1.807) is 17.4 Å². The van der Waals surface area contributed by atoms with E-state index in [0.717, 1.165) is 14.9 Å². The fourth-order valence-corrected chi connectivity index (χ4v) is 3.63. The molecule has 0 spiro atoms. The van der Waals surface area contributed by atoms with E-state index in [4.69, 9.17) is 10.5 Å². The highest BCUT2D eigenvalue weighted by atomic mass is 79.9. The SMILES string of the molecule is N[C@@H]1CC(c2cc(Br)cs2)Oc2ccc(F)cc21. The first-order valence-corrected chi connectivity index (χ1v) is 7.26. The number of fused-ring (bicyclic) bond motifs is 1. The zero-order chi connectivity index (χ0) is 12.7. The maximum Gasteiger partial charge on any atom is 0.135 e. The van der Waals surface area contributed by atoms with Gasteiger partial charge in [-0.3, -0.25) is 0 Å². The minimum atomic E-state index is -0.273. The number of hydrogen-bond acceptors (Lipinski definition) is 3. The van der Waals surface area contributed by atoms with Crippen molar-refractivity contribution in [1.29, 1.82) is 0 Å². The fraction of sp³-hybridized carbons (Fsp3) is 0.231. The number of thiophene rings is 1. The molecule has 1 unspecified atom stereocenters. The van der Waals surface area contributed by atoms with Crippen molar-refractivity contribution in [3.8, 4) is 5.75 Å². The van der Waals surface area contributed by atoms with Crippen molar-refractivity contribution in [2.75, 3.05) is 0 Å². The monoisotopic (exact) mass is 327 g/mol. The average molecular weight is 328 g/mol. The summed E-state index contributed by atoms with van der Waals surface area (Å²) in [6.45, 7) is 0.